The molecule has 1 fully saturated rings. The van der Waals surface area contributed by atoms with Gasteiger partial charge in [-0.05, 0) is 49.2 Å². The molecule has 1 saturated heterocycles. The summed E-state index contributed by atoms with van der Waals surface area (Å²) in [6.07, 6.45) is -3.71. The van der Waals surface area contributed by atoms with Crippen molar-refractivity contribution in [1.29, 1.82) is 0 Å². The van der Waals surface area contributed by atoms with Gasteiger partial charge in [0.05, 0.1) is 11.3 Å². The molecule has 1 heterocycles. The van der Waals surface area contributed by atoms with Crippen molar-refractivity contribution in [2.75, 3.05) is 18.4 Å². The van der Waals surface area contributed by atoms with Crippen molar-refractivity contribution in [2.24, 2.45) is 5.92 Å². The number of ketones is 1. The zero-order valence-electron chi connectivity index (χ0n) is 14.9. The Bertz CT molecular complexity index is 858. The molecule has 1 aliphatic rings. The van der Waals surface area contributed by atoms with Crippen LogP contribution in [0.2, 0.25) is 0 Å². The highest BCUT2D eigenvalue weighted by atomic mass is 19.4. The van der Waals surface area contributed by atoms with Crippen LogP contribution in [0.15, 0.2) is 48.5 Å². The fourth-order valence-corrected chi connectivity index (χ4v) is 3.24. The highest BCUT2D eigenvalue weighted by Crippen LogP contribution is 2.34. The summed E-state index contributed by atoms with van der Waals surface area (Å²) in [7, 11) is 0. The molecule has 0 bridgehead atoms. The highest BCUT2D eigenvalue weighted by molar-refractivity contribution is 5.98. The van der Waals surface area contributed by atoms with Gasteiger partial charge in [0.15, 0.2) is 5.78 Å². The van der Waals surface area contributed by atoms with Crippen LogP contribution in [0.25, 0.3) is 0 Å². The van der Waals surface area contributed by atoms with E-state index < -0.39 is 17.8 Å². The van der Waals surface area contributed by atoms with Crippen LogP contribution in [0, 0.1) is 5.92 Å². The molecule has 5 nitrogen and oxygen atoms in total. The number of carbonyl (C=O) groups excluding carboxylic acids is 2. The van der Waals surface area contributed by atoms with Crippen LogP contribution in [0.3, 0.4) is 0 Å². The van der Waals surface area contributed by atoms with Crippen LogP contribution in [0.4, 0.5) is 23.7 Å². The molecular formula is C20H19F3N2O3. The van der Waals surface area contributed by atoms with E-state index in [9.17, 15) is 27.9 Å². The van der Waals surface area contributed by atoms with E-state index >= 15 is 0 Å². The van der Waals surface area contributed by atoms with Crippen LogP contribution in [-0.4, -0.2) is 34.9 Å². The summed E-state index contributed by atoms with van der Waals surface area (Å²) in [4.78, 5) is 26.3. The average molecular weight is 392 g/mol. The number of anilines is 1. The number of phenolic OH excluding ortho intramolecular Hbond substituents is 1. The molecule has 0 unspecified atom stereocenters. The van der Waals surface area contributed by atoms with Crippen molar-refractivity contribution in [1.82, 2.24) is 4.90 Å². The number of nitrogens with one attached hydrogen (secondary N) is 1. The lowest BCUT2D eigenvalue weighted by Gasteiger charge is -2.31. The number of carbonyl (C=O) groups is 2. The van der Waals surface area contributed by atoms with Gasteiger partial charge in [0.2, 0.25) is 0 Å². The number of phenols is 1. The monoisotopic (exact) mass is 392 g/mol. The van der Waals surface area contributed by atoms with E-state index in [-0.39, 0.29) is 36.2 Å². The number of para-hydroxylation sites is 1. The third-order valence-electron chi connectivity index (χ3n) is 4.78. The van der Waals surface area contributed by atoms with Gasteiger partial charge in [-0.2, -0.15) is 13.2 Å². The predicted molar refractivity (Wildman–Crippen MR) is 97.2 cm³/mol. The first kappa shape index (κ1) is 19.7. The van der Waals surface area contributed by atoms with E-state index in [0.717, 1.165) is 6.07 Å². The number of amides is 2. The standard InChI is InChI=1S/C20H19F3N2O3/c21-20(22,23)16-3-1-2-4-17(16)24-19(28)25-11-9-14(10-12-25)18(27)13-5-7-15(26)8-6-13/h1-8,14,26H,9-12H2,(H,24,28). The lowest BCUT2D eigenvalue weighted by Crippen LogP contribution is -2.42. The maximum absolute atomic E-state index is 13.0. The number of hydrogen-bond donors (Lipinski definition) is 2. The smallest absolute Gasteiger partial charge is 0.418 e. The van der Waals surface area contributed by atoms with Crippen LogP contribution in [-0.2, 0) is 6.18 Å². The maximum Gasteiger partial charge on any atom is 0.418 e. The fraction of sp³-hybridized carbons (Fsp3) is 0.300. The molecule has 0 atom stereocenters. The highest BCUT2D eigenvalue weighted by Gasteiger charge is 2.34. The average Bonchev–Trinajstić information content (AvgIpc) is 2.68. The van der Waals surface area contributed by atoms with Crippen molar-refractivity contribution in [3.05, 3.63) is 59.7 Å². The summed E-state index contributed by atoms with van der Waals surface area (Å²) in [5.74, 6) is -0.263. The lowest BCUT2D eigenvalue weighted by molar-refractivity contribution is -0.136. The number of halogens is 3. The Kier molecular flexibility index (Phi) is 5.58. The van der Waals surface area contributed by atoms with Gasteiger partial charge < -0.3 is 15.3 Å². The number of piperidine rings is 1. The van der Waals surface area contributed by atoms with Crippen LogP contribution < -0.4 is 5.32 Å². The zero-order valence-corrected chi connectivity index (χ0v) is 14.9. The molecule has 3 rings (SSSR count). The molecule has 148 valence electrons. The number of aromatic hydroxyl groups is 1. The molecule has 0 aliphatic carbocycles. The first-order valence-corrected chi connectivity index (χ1v) is 8.81. The van der Waals surface area contributed by atoms with E-state index in [1.807, 2.05) is 0 Å². The minimum absolute atomic E-state index is 0.0672. The number of rotatable bonds is 3. The molecule has 2 amide bonds. The second kappa shape index (κ2) is 7.92. The minimum Gasteiger partial charge on any atom is -0.508 e. The summed E-state index contributed by atoms with van der Waals surface area (Å²) >= 11 is 0. The SMILES string of the molecule is O=C(c1ccc(O)cc1)C1CCN(C(=O)Nc2ccccc2C(F)(F)F)CC1. The van der Waals surface area contributed by atoms with Gasteiger partial charge in [-0.1, -0.05) is 12.1 Å². The van der Waals surface area contributed by atoms with Crippen molar-refractivity contribution in [3.8, 4) is 5.75 Å². The van der Waals surface area contributed by atoms with Gasteiger partial charge in [-0.25, -0.2) is 4.79 Å². The second-order valence-corrected chi connectivity index (χ2v) is 6.65. The fourth-order valence-electron chi connectivity index (χ4n) is 3.24. The van der Waals surface area contributed by atoms with Crippen LogP contribution in [0.1, 0.15) is 28.8 Å². The van der Waals surface area contributed by atoms with Gasteiger partial charge in [-0.3, -0.25) is 4.79 Å². The summed E-state index contributed by atoms with van der Waals surface area (Å²) < 4.78 is 39.1. The van der Waals surface area contributed by atoms with Gasteiger partial charge in [-0.15, -0.1) is 0 Å². The Morgan fingerprint density at radius 2 is 1.61 bits per heavy atom. The summed E-state index contributed by atoms with van der Waals surface area (Å²) in [6, 6.07) is 10.2. The Morgan fingerprint density at radius 1 is 1.00 bits per heavy atom. The minimum atomic E-state index is -4.56. The lowest BCUT2D eigenvalue weighted by atomic mass is 9.89. The molecular weight excluding hydrogens is 373 g/mol. The van der Waals surface area contributed by atoms with Crippen molar-refractivity contribution in [3.63, 3.8) is 0 Å². The number of likely N-dealkylation sites (tertiary alicyclic amines) is 1. The number of alkyl halides is 3. The second-order valence-electron chi connectivity index (χ2n) is 6.65. The molecule has 2 N–H and O–H groups in total. The Balaban J connectivity index is 1.60. The van der Waals surface area contributed by atoms with E-state index in [1.54, 1.807) is 12.1 Å². The van der Waals surface area contributed by atoms with Crippen molar-refractivity contribution < 1.29 is 27.9 Å². The van der Waals surface area contributed by atoms with E-state index in [2.05, 4.69) is 5.32 Å². The van der Waals surface area contributed by atoms with Crippen LogP contribution in [0.5, 0.6) is 5.75 Å². The zero-order chi connectivity index (χ0) is 20.3. The molecule has 1 aliphatic heterocycles. The quantitative estimate of drug-likeness (QED) is 0.754. The number of Topliss-reactive ketones (excluding diaryl/α,β-unsaturated/α-hetero) is 1. The number of hydrogen-bond acceptors (Lipinski definition) is 3. The Hall–Kier alpha value is -3.03. The number of nitrogens with zero attached hydrogens (tertiary/aromatic N) is 1. The summed E-state index contributed by atoms with van der Waals surface area (Å²) in [5.41, 5.74) is -0.706. The molecule has 2 aromatic carbocycles. The van der Waals surface area contributed by atoms with E-state index in [1.165, 1.54) is 35.2 Å². The first-order valence-electron chi connectivity index (χ1n) is 8.81. The van der Waals surface area contributed by atoms with Gasteiger partial charge in [0, 0.05) is 24.6 Å². The molecule has 2 aromatic rings. The maximum atomic E-state index is 13.0. The van der Waals surface area contributed by atoms with Gasteiger partial charge in [0.1, 0.15) is 5.75 Å². The summed E-state index contributed by atoms with van der Waals surface area (Å²) in [5, 5.41) is 11.6. The largest absolute Gasteiger partial charge is 0.508 e. The van der Waals surface area contributed by atoms with Crippen molar-refractivity contribution in [2.45, 2.75) is 19.0 Å². The van der Waals surface area contributed by atoms with Crippen LogP contribution >= 0.6 is 0 Å². The molecule has 28 heavy (non-hydrogen) atoms. The topological polar surface area (TPSA) is 69.6 Å². The third kappa shape index (κ3) is 4.44. The van der Waals surface area contributed by atoms with Gasteiger partial charge >= 0.3 is 12.2 Å². The van der Waals surface area contributed by atoms with Crippen molar-refractivity contribution >= 4 is 17.5 Å². The molecule has 0 saturated carbocycles. The van der Waals surface area contributed by atoms with E-state index in [4.69, 9.17) is 0 Å². The summed E-state index contributed by atoms with van der Waals surface area (Å²) in [6.45, 7) is 0.545. The number of benzene rings is 2. The molecule has 0 radical (unpaired) electrons. The Labute approximate surface area is 159 Å². The predicted octanol–water partition coefficient (Wildman–Crippen LogP) is 4.54. The Morgan fingerprint density at radius 3 is 2.21 bits per heavy atom. The number of urea groups is 1. The van der Waals surface area contributed by atoms with E-state index in [0.29, 0.717) is 18.4 Å². The normalized spacial score (nSPS) is 15.3. The van der Waals surface area contributed by atoms with Gasteiger partial charge in [0.25, 0.3) is 0 Å². The molecule has 8 heteroatoms. The third-order valence-corrected chi connectivity index (χ3v) is 4.78. The molecule has 0 spiro atoms. The first-order chi connectivity index (χ1) is 13.3. The molecule has 0 aromatic heterocycles.